The van der Waals surface area contributed by atoms with E-state index in [1.54, 1.807) is 0 Å². The first-order valence-electron chi connectivity index (χ1n) is 3.67. The van der Waals surface area contributed by atoms with Gasteiger partial charge in [0, 0.05) is 6.61 Å². The molecule has 0 aromatic heterocycles. The van der Waals surface area contributed by atoms with E-state index in [2.05, 4.69) is 4.18 Å². The molecule has 0 fully saturated rings. The molecular weight excluding hydrogens is 246 g/mol. The Bertz CT molecular complexity index is 252. The van der Waals surface area contributed by atoms with Crippen molar-refractivity contribution in [2.75, 3.05) is 19.0 Å². The van der Waals surface area contributed by atoms with E-state index in [0.29, 0.717) is 0 Å². The molecule has 0 saturated carbocycles. The molecule has 0 saturated heterocycles. The number of carboxylic acid groups (broad SMARTS) is 1. The molecule has 6 nitrogen and oxygen atoms in total. The molecular formula is C6H14Na2O6S. The van der Waals surface area contributed by atoms with Crippen LogP contribution < -0.4 is 0 Å². The second-order valence-electron chi connectivity index (χ2n) is 2.30. The van der Waals surface area contributed by atoms with E-state index in [4.69, 9.17) is 10.2 Å². The third kappa shape index (κ3) is 15.3. The van der Waals surface area contributed by atoms with Crippen molar-refractivity contribution in [1.29, 1.82) is 0 Å². The van der Waals surface area contributed by atoms with Gasteiger partial charge in [-0.3, -0.25) is 8.98 Å². The number of aliphatic carboxylic acids is 1. The van der Waals surface area contributed by atoms with Crippen LogP contribution in [0.4, 0.5) is 0 Å². The Balaban J connectivity index is -0.000000720. The Morgan fingerprint density at radius 2 is 1.80 bits per heavy atom. The van der Waals surface area contributed by atoms with Crippen molar-refractivity contribution >= 4 is 75.2 Å². The molecule has 0 radical (unpaired) electrons. The zero-order valence-electron chi connectivity index (χ0n) is 6.97. The predicted octanol–water partition coefficient (Wildman–Crippen LogP) is -2.11. The molecule has 0 aliphatic carbocycles. The van der Waals surface area contributed by atoms with Crippen LogP contribution in [0.1, 0.15) is 12.8 Å². The zero-order valence-corrected chi connectivity index (χ0v) is 7.79. The number of hydrogen-bond donors (Lipinski definition) is 2. The summed E-state index contributed by atoms with van der Waals surface area (Å²) in [6.45, 7) is -0.593. The first kappa shape index (κ1) is 21.6. The molecule has 0 aromatic rings. The summed E-state index contributed by atoms with van der Waals surface area (Å²) in [6, 6.07) is 0. The number of aliphatic hydroxyl groups is 1. The van der Waals surface area contributed by atoms with Crippen LogP contribution in [0, 0.1) is 0 Å². The van der Waals surface area contributed by atoms with Gasteiger partial charge in [0.1, 0.15) is 0 Å². The number of hydrogen-bond acceptors (Lipinski definition) is 5. The number of carboxylic acids is 1. The second kappa shape index (κ2) is 11.8. The molecule has 0 heterocycles. The fourth-order valence-corrected chi connectivity index (χ4v) is 1.49. The Kier molecular flexibility index (Phi) is 17.0. The molecule has 0 unspecified atom stereocenters. The standard InChI is InChI=1S/C6H12O6S.2Na.2H/c7-3-1-5-13(10,11)12-4-2-6(8)9;;;;/h7H,1-5H2,(H,8,9);;;;. The van der Waals surface area contributed by atoms with Crippen LogP contribution in [0.3, 0.4) is 0 Å². The van der Waals surface area contributed by atoms with Crippen LogP contribution >= 0.6 is 0 Å². The van der Waals surface area contributed by atoms with Crippen LogP contribution in [-0.2, 0) is 19.1 Å². The average Bonchev–Trinajstić information content (AvgIpc) is 2.00. The summed E-state index contributed by atoms with van der Waals surface area (Å²) in [5, 5.41) is 16.5. The Morgan fingerprint density at radius 3 is 2.20 bits per heavy atom. The molecule has 15 heavy (non-hydrogen) atoms. The Hall–Kier alpha value is 1.34. The van der Waals surface area contributed by atoms with Gasteiger partial charge in [0.2, 0.25) is 0 Å². The van der Waals surface area contributed by atoms with Crippen molar-refractivity contribution in [3.63, 3.8) is 0 Å². The first-order valence-corrected chi connectivity index (χ1v) is 5.25. The van der Waals surface area contributed by atoms with Gasteiger partial charge in [-0.05, 0) is 6.42 Å². The van der Waals surface area contributed by atoms with Gasteiger partial charge >= 0.3 is 65.1 Å². The van der Waals surface area contributed by atoms with E-state index in [1.807, 2.05) is 0 Å². The number of aliphatic hydroxyl groups excluding tert-OH is 1. The van der Waals surface area contributed by atoms with Crippen molar-refractivity contribution in [3.8, 4) is 0 Å². The van der Waals surface area contributed by atoms with Gasteiger partial charge in [0.25, 0.3) is 10.1 Å². The first-order chi connectivity index (χ1) is 5.98. The van der Waals surface area contributed by atoms with E-state index < -0.39 is 16.1 Å². The molecule has 2 N–H and O–H groups in total. The molecule has 0 spiro atoms. The fraction of sp³-hybridized carbons (Fsp3) is 0.833. The summed E-state index contributed by atoms with van der Waals surface area (Å²) < 4.78 is 26.0. The van der Waals surface area contributed by atoms with Gasteiger partial charge in [0.15, 0.2) is 0 Å². The average molecular weight is 260 g/mol. The van der Waals surface area contributed by atoms with Crippen LogP contribution in [0.15, 0.2) is 0 Å². The minimum atomic E-state index is -3.66. The monoisotopic (exact) mass is 260 g/mol. The summed E-state index contributed by atoms with van der Waals surface area (Å²) in [5.74, 6) is -1.40. The third-order valence-corrected chi connectivity index (χ3v) is 2.45. The van der Waals surface area contributed by atoms with Crippen molar-refractivity contribution in [3.05, 3.63) is 0 Å². The molecule has 0 bridgehead atoms. The molecule has 0 amide bonds. The molecule has 0 aliphatic heterocycles. The van der Waals surface area contributed by atoms with Gasteiger partial charge in [-0.25, -0.2) is 0 Å². The molecule has 0 atom stereocenters. The van der Waals surface area contributed by atoms with E-state index in [9.17, 15) is 13.2 Å². The summed E-state index contributed by atoms with van der Waals surface area (Å²) in [7, 11) is -3.66. The van der Waals surface area contributed by atoms with Crippen LogP contribution in [0.2, 0.25) is 0 Å². The zero-order chi connectivity index (χ0) is 10.3. The van der Waals surface area contributed by atoms with Gasteiger partial charge in [-0.2, -0.15) is 8.42 Å². The van der Waals surface area contributed by atoms with Crippen LogP contribution in [0.25, 0.3) is 0 Å². The summed E-state index contributed by atoms with van der Waals surface area (Å²) >= 11 is 0. The number of rotatable bonds is 7. The fourth-order valence-electron chi connectivity index (χ4n) is 0.556. The molecule has 0 aliphatic rings. The van der Waals surface area contributed by atoms with E-state index >= 15 is 0 Å². The molecule has 0 rings (SSSR count). The molecule has 9 heteroatoms. The Morgan fingerprint density at radius 1 is 1.27 bits per heavy atom. The van der Waals surface area contributed by atoms with E-state index in [-0.39, 0.29) is 90.9 Å². The maximum absolute atomic E-state index is 10.8. The quantitative estimate of drug-likeness (QED) is 0.401. The van der Waals surface area contributed by atoms with Gasteiger partial charge in [0.05, 0.1) is 18.8 Å². The third-order valence-electron chi connectivity index (χ3n) is 1.13. The summed E-state index contributed by atoms with van der Waals surface area (Å²) in [6.07, 6.45) is -0.256. The van der Waals surface area contributed by atoms with Crippen molar-refractivity contribution in [2.24, 2.45) is 0 Å². The summed E-state index contributed by atoms with van der Waals surface area (Å²) in [4.78, 5) is 9.98. The minimum absolute atomic E-state index is 0. The normalized spacial score (nSPS) is 9.93. The van der Waals surface area contributed by atoms with Crippen molar-refractivity contribution in [1.82, 2.24) is 0 Å². The topological polar surface area (TPSA) is 101 Å². The van der Waals surface area contributed by atoms with E-state index in [1.165, 1.54) is 0 Å². The van der Waals surface area contributed by atoms with Gasteiger partial charge < -0.3 is 10.2 Å². The van der Waals surface area contributed by atoms with Gasteiger partial charge in [-0.1, -0.05) is 0 Å². The van der Waals surface area contributed by atoms with Crippen LogP contribution in [-0.4, -0.2) is 103 Å². The maximum atomic E-state index is 10.8. The van der Waals surface area contributed by atoms with Crippen LogP contribution in [0.5, 0.6) is 0 Å². The summed E-state index contributed by atoms with van der Waals surface area (Å²) in [5.41, 5.74) is 0. The molecule has 82 valence electrons. The Labute approximate surface area is 133 Å². The predicted molar refractivity (Wildman–Crippen MR) is 58.0 cm³/mol. The van der Waals surface area contributed by atoms with Crippen molar-refractivity contribution < 1.29 is 27.6 Å². The molecule has 0 aromatic carbocycles. The SMILES string of the molecule is O=C(O)CCOS(=O)(=O)CCCO.[NaH].[NaH]. The van der Waals surface area contributed by atoms with Crippen molar-refractivity contribution in [2.45, 2.75) is 12.8 Å². The number of carbonyl (C=O) groups is 1. The van der Waals surface area contributed by atoms with E-state index in [0.717, 1.165) is 0 Å². The second-order valence-corrected chi connectivity index (χ2v) is 4.06. The van der Waals surface area contributed by atoms with Gasteiger partial charge in [-0.15, -0.1) is 0 Å².